The molecule has 1 saturated heterocycles. The van der Waals surface area contributed by atoms with Gasteiger partial charge in [-0.15, -0.1) is 0 Å². The Labute approximate surface area is 106 Å². The minimum absolute atomic E-state index is 0.280. The first-order valence-electron chi connectivity index (χ1n) is 5.98. The summed E-state index contributed by atoms with van der Waals surface area (Å²) >= 11 is 0. The molecule has 1 aromatic rings. The normalized spacial score (nSPS) is 16.7. The van der Waals surface area contributed by atoms with Crippen molar-refractivity contribution in [3.63, 3.8) is 0 Å². The van der Waals surface area contributed by atoms with Crippen molar-refractivity contribution in [3.8, 4) is 5.75 Å². The number of piperidine rings is 1. The molecule has 1 N–H and O–H groups in total. The third-order valence-corrected chi connectivity index (χ3v) is 3.23. The van der Waals surface area contributed by atoms with Gasteiger partial charge in [0.15, 0.2) is 11.6 Å². The highest BCUT2D eigenvalue weighted by molar-refractivity contribution is 5.84. The third-order valence-electron chi connectivity index (χ3n) is 3.23. The van der Waals surface area contributed by atoms with E-state index in [-0.39, 0.29) is 11.6 Å². The smallest absolute Gasteiger partial charge is 0.169 e. The molecule has 0 radical (unpaired) electrons. The number of rotatable bonds is 3. The fraction of sp³-hybridized carbons (Fsp3) is 0.462. The highest BCUT2D eigenvalue weighted by atomic mass is 19.1. The number of ether oxygens (including phenoxy) is 1. The molecule has 0 bridgehead atoms. The van der Waals surface area contributed by atoms with Crippen LogP contribution in [0.25, 0.3) is 0 Å². The van der Waals surface area contributed by atoms with Crippen LogP contribution in [0.1, 0.15) is 18.4 Å². The van der Waals surface area contributed by atoms with E-state index in [1.165, 1.54) is 7.11 Å². The number of halogens is 1. The molecule has 5 heteroatoms. The van der Waals surface area contributed by atoms with Crippen molar-refractivity contribution in [1.29, 1.82) is 0 Å². The van der Waals surface area contributed by atoms with Gasteiger partial charge in [-0.25, -0.2) is 4.39 Å². The zero-order valence-corrected chi connectivity index (χ0v) is 10.4. The molecular weight excluding hydrogens is 235 g/mol. The van der Waals surface area contributed by atoms with E-state index < -0.39 is 0 Å². The highest BCUT2D eigenvalue weighted by Gasteiger charge is 2.17. The van der Waals surface area contributed by atoms with Crippen LogP contribution in [0.15, 0.2) is 23.4 Å². The summed E-state index contributed by atoms with van der Waals surface area (Å²) < 4.78 is 18.9. The van der Waals surface area contributed by atoms with Gasteiger partial charge in [-0.05, 0) is 6.07 Å². The second-order valence-electron chi connectivity index (χ2n) is 4.38. The van der Waals surface area contributed by atoms with Crippen LogP contribution in [0, 0.1) is 5.82 Å². The number of methoxy groups -OCH3 is 1. The molecule has 0 amide bonds. The molecular formula is C13H17FN2O2. The SMILES string of the molecule is COc1cccc(CN2CCC(=NO)CC2)c1F. The van der Waals surface area contributed by atoms with Gasteiger partial charge in [0, 0.05) is 38.0 Å². The lowest BCUT2D eigenvalue weighted by Crippen LogP contribution is -2.33. The minimum atomic E-state index is -0.290. The lowest BCUT2D eigenvalue weighted by molar-refractivity contribution is 0.252. The molecule has 18 heavy (non-hydrogen) atoms. The summed E-state index contributed by atoms with van der Waals surface area (Å²) in [7, 11) is 1.47. The van der Waals surface area contributed by atoms with E-state index in [1.807, 2.05) is 0 Å². The predicted molar refractivity (Wildman–Crippen MR) is 66.7 cm³/mol. The van der Waals surface area contributed by atoms with Crippen LogP contribution < -0.4 is 4.74 Å². The average Bonchev–Trinajstić information content (AvgIpc) is 2.42. The molecule has 1 heterocycles. The Morgan fingerprint density at radius 2 is 2.11 bits per heavy atom. The monoisotopic (exact) mass is 252 g/mol. The largest absolute Gasteiger partial charge is 0.494 e. The van der Waals surface area contributed by atoms with Crippen molar-refractivity contribution in [1.82, 2.24) is 4.90 Å². The Balaban J connectivity index is 2.02. The standard InChI is InChI=1S/C13H17FN2O2/c1-18-12-4-2-3-10(13(12)14)9-16-7-5-11(15-17)6-8-16/h2-4,17H,5-9H2,1H3. The van der Waals surface area contributed by atoms with Crippen LogP contribution >= 0.6 is 0 Å². The minimum Gasteiger partial charge on any atom is -0.494 e. The maximum Gasteiger partial charge on any atom is 0.169 e. The van der Waals surface area contributed by atoms with Crippen molar-refractivity contribution >= 4 is 5.71 Å². The Morgan fingerprint density at radius 1 is 1.39 bits per heavy atom. The van der Waals surface area contributed by atoms with E-state index in [1.54, 1.807) is 18.2 Å². The fourth-order valence-corrected chi connectivity index (χ4v) is 2.15. The molecule has 0 spiro atoms. The van der Waals surface area contributed by atoms with Crippen molar-refractivity contribution in [2.75, 3.05) is 20.2 Å². The van der Waals surface area contributed by atoms with Crippen LogP contribution in [-0.4, -0.2) is 36.0 Å². The third kappa shape index (κ3) is 2.79. The molecule has 98 valence electrons. The van der Waals surface area contributed by atoms with E-state index in [4.69, 9.17) is 9.94 Å². The summed E-state index contributed by atoms with van der Waals surface area (Å²) in [6.45, 7) is 2.13. The molecule has 1 fully saturated rings. The van der Waals surface area contributed by atoms with Gasteiger partial charge in [-0.2, -0.15) is 0 Å². The van der Waals surface area contributed by atoms with E-state index in [0.29, 0.717) is 12.1 Å². The Morgan fingerprint density at radius 3 is 2.72 bits per heavy atom. The fourth-order valence-electron chi connectivity index (χ4n) is 2.15. The van der Waals surface area contributed by atoms with Crippen LogP contribution in [0.3, 0.4) is 0 Å². The lowest BCUT2D eigenvalue weighted by atomic mass is 10.1. The van der Waals surface area contributed by atoms with Gasteiger partial charge in [-0.1, -0.05) is 17.3 Å². The Kier molecular flexibility index (Phi) is 4.15. The van der Waals surface area contributed by atoms with Crippen molar-refractivity contribution < 1.29 is 14.3 Å². The van der Waals surface area contributed by atoms with Gasteiger partial charge < -0.3 is 9.94 Å². The number of benzene rings is 1. The molecule has 2 rings (SSSR count). The molecule has 0 unspecified atom stereocenters. The molecule has 1 aliphatic heterocycles. The number of oxime groups is 1. The number of nitrogens with zero attached hydrogens (tertiary/aromatic N) is 2. The summed E-state index contributed by atoms with van der Waals surface area (Å²) in [5.41, 5.74) is 1.45. The van der Waals surface area contributed by atoms with E-state index in [2.05, 4.69) is 10.1 Å². The molecule has 1 aromatic carbocycles. The maximum absolute atomic E-state index is 14.0. The molecule has 0 aromatic heterocycles. The first-order valence-corrected chi connectivity index (χ1v) is 5.98. The van der Waals surface area contributed by atoms with Crippen molar-refractivity contribution in [3.05, 3.63) is 29.6 Å². The lowest BCUT2D eigenvalue weighted by Gasteiger charge is -2.27. The van der Waals surface area contributed by atoms with Gasteiger partial charge in [-0.3, -0.25) is 4.90 Å². The summed E-state index contributed by atoms with van der Waals surface area (Å²) in [5, 5.41) is 11.9. The number of hydrogen-bond acceptors (Lipinski definition) is 4. The summed E-state index contributed by atoms with van der Waals surface area (Å²) in [6, 6.07) is 5.18. The van der Waals surface area contributed by atoms with Gasteiger partial charge in [0.2, 0.25) is 0 Å². The molecule has 0 saturated carbocycles. The topological polar surface area (TPSA) is 45.1 Å². The Bertz CT molecular complexity index is 439. The van der Waals surface area contributed by atoms with E-state index >= 15 is 0 Å². The zero-order chi connectivity index (χ0) is 13.0. The summed E-state index contributed by atoms with van der Waals surface area (Å²) in [5.74, 6) is -0.0104. The molecule has 0 aliphatic carbocycles. The van der Waals surface area contributed by atoms with Crippen LogP contribution in [0.5, 0.6) is 5.75 Å². The molecule has 4 nitrogen and oxygen atoms in total. The maximum atomic E-state index is 14.0. The number of likely N-dealkylation sites (tertiary alicyclic amines) is 1. The van der Waals surface area contributed by atoms with Crippen LogP contribution in [-0.2, 0) is 6.54 Å². The average molecular weight is 252 g/mol. The van der Waals surface area contributed by atoms with Crippen LogP contribution in [0.2, 0.25) is 0 Å². The second-order valence-corrected chi connectivity index (χ2v) is 4.38. The Hall–Kier alpha value is -1.62. The van der Waals surface area contributed by atoms with Gasteiger partial charge in [0.05, 0.1) is 12.8 Å². The predicted octanol–water partition coefficient (Wildman–Crippen LogP) is 2.26. The van der Waals surface area contributed by atoms with Gasteiger partial charge in [0.1, 0.15) is 0 Å². The number of hydrogen-bond donors (Lipinski definition) is 1. The zero-order valence-electron chi connectivity index (χ0n) is 10.4. The quantitative estimate of drug-likeness (QED) is 0.663. The van der Waals surface area contributed by atoms with Crippen molar-refractivity contribution in [2.45, 2.75) is 19.4 Å². The van der Waals surface area contributed by atoms with E-state index in [0.717, 1.165) is 31.6 Å². The summed E-state index contributed by atoms with van der Waals surface area (Å²) in [4.78, 5) is 2.15. The van der Waals surface area contributed by atoms with Crippen molar-refractivity contribution in [2.24, 2.45) is 5.16 Å². The molecule has 1 aliphatic rings. The van der Waals surface area contributed by atoms with E-state index in [9.17, 15) is 4.39 Å². The van der Waals surface area contributed by atoms with Crippen LogP contribution in [0.4, 0.5) is 4.39 Å². The highest BCUT2D eigenvalue weighted by Crippen LogP contribution is 2.22. The molecule has 0 atom stereocenters. The van der Waals surface area contributed by atoms with Gasteiger partial charge in [0.25, 0.3) is 0 Å². The first-order chi connectivity index (χ1) is 8.74. The summed E-state index contributed by atoms with van der Waals surface area (Å²) in [6.07, 6.45) is 1.48. The second kappa shape index (κ2) is 5.82. The first kappa shape index (κ1) is 12.8. The van der Waals surface area contributed by atoms with Gasteiger partial charge >= 0.3 is 0 Å².